The van der Waals surface area contributed by atoms with Gasteiger partial charge in [-0.1, -0.05) is 23.9 Å². The van der Waals surface area contributed by atoms with E-state index in [4.69, 9.17) is 10.1 Å². The van der Waals surface area contributed by atoms with Crippen LogP contribution in [0.25, 0.3) is 0 Å². The van der Waals surface area contributed by atoms with E-state index in [9.17, 15) is 4.79 Å². The van der Waals surface area contributed by atoms with Crippen LogP contribution in [-0.2, 0) is 5.75 Å². The molecule has 1 aromatic carbocycles. The predicted octanol–water partition coefficient (Wildman–Crippen LogP) is 3.93. The lowest BCUT2D eigenvalue weighted by atomic mass is 10.1. The van der Waals surface area contributed by atoms with Crippen LogP contribution in [0.5, 0.6) is 0 Å². The first-order valence-electron chi connectivity index (χ1n) is 8.01. The highest BCUT2D eigenvalue weighted by atomic mass is 32.2. The van der Waals surface area contributed by atoms with Gasteiger partial charge in [0.1, 0.15) is 5.82 Å². The van der Waals surface area contributed by atoms with Crippen molar-refractivity contribution in [3.8, 4) is 0 Å². The summed E-state index contributed by atoms with van der Waals surface area (Å²) in [7, 11) is 0. The zero-order valence-electron chi connectivity index (χ0n) is 14.5. The number of carbonyl (C=O) groups is 1. The molecule has 0 bridgehead atoms. The van der Waals surface area contributed by atoms with Crippen LogP contribution in [0.15, 0.2) is 29.4 Å². The number of aryl methyl sites for hydroxylation is 1. The number of benzene rings is 1. The van der Waals surface area contributed by atoms with Crippen molar-refractivity contribution in [1.29, 1.82) is 0 Å². The molecule has 0 spiro atoms. The maximum absolute atomic E-state index is 11.1. The van der Waals surface area contributed by atoms with Gasteiger partial charge in [0, 0.05) is 30.1 Å². The van der Waals surface area contributed by atoms with Crippen LogP contribution in [0.4, 0.5) is 5.82 Å². The molecule has 2 aromatic rings. The highest BCUT2D eigenvalue weighted by molar-refractivity contribution is 7.98. The minimum atomic E-state index is -0.909. The number of hydrogen-bond acceptors (Lipinski definition) is 5. The summed E-state index contributed by atoms with van der Waals surface area (Å²) in [4.78, 5) is 22.6. The summed E-state index contributed by atoms with van der Waals surface area (Å²) in [5, 5.41) is 9.80. The van der Waals surface area contributed by atoms with Crippen LogP contribution in [0.3, 0.4) is 0 Å². The van der Waals surface area contributed by atoms with Gasteiger partial charge in [-0.25, -0.2) is 14.8 Å². The lowest BCUT2D eigenvalue weighted by molar-refractivity contribution is 0.0697. The summed E-state index contributed by atoms with van der Waals surface area (Å²) in [6.45, 7) is 10.1. The van der Waals surface area contributed by atoms with Crippen molar-refractivity contribution in [2.75, 3.05) is 18.0 Å². The SMILES string of the molecule is CCN(CC)c1nc(SCc2cccc(C(=O)O)c2)nc(C)c1C. The maximum Gasteiger partial charge on any atom is 0.335 e. The number of carboxylic acids is 1. The van der Waals surface area contributed by atoms with Gasteiger partial charge in [0.05, 0.1) is 5.56 Å². The molecule has 5 nitrogen and oxygen atoms in total. The Hall–Kier alpha value is -2.08. The summed E-state index contributed by atoms with van der Waals surface area (Å²) >= 11 is 1.53. The van der Waals surface area contributed by atoms with Crippen molar-refractivity contribution in [3.05, 3.63) is 46.6 Å². The number of carboxylic acid groups (broad SMARTS) is 1. The molecule has 1 N–H and O–H groups in total. The van der Waals surface area contributed by atoms with Crippen molar-refractivity contribution < 1.29 is 9.90 Å². The van der Waals surface area contributed by atoms with Crippen LogP contribution in [0, 0.1) is 13.8 Å². The molecule has 0 aliphatic carbocycles. The Balaban J connectivity index is 2.21. The standard InChI is InChI=1S/C18H23N3O2S/c1-5-21(6-2)16-12(3)13(4)19-18(20-16)24-11-14-8-7-9-15(10-14)17(22)23/h7-10H,5-6,11H2,1-4H3,(H,22,23). The molecule has 0 amide bonds. The van der Waals surface area contributed by atoms with Crippen molar-refractivity contribution in [2.24, 2.45) is 0 Å². The molecular formula is C18H23N3O2S. The van der Waals surface area contributed by atoms with E-state index in [-0.39, 0.29) is 0 Å². The topological polar surface area (TPSA) is 66.3 Å². The van der Waals surface area contributed by atoms with Gasteiger partial charge < -0.3 is 10.0 Å². The molecule has 0 unspecified atom stereocenters. The summed E-state index contributed by atoms with van der Waals surface area (Å²) in [6.07, 6.45) is 0. The first kappa shape index (κ1) is 18.3. The molecule has 24 heavy (non-hydrogen) atoms. The minimum absolute atomic E-state index is 0.304. The second kappa shape index (κ2) is 8.15. The summed E-state index contributed by atoms with van der Waals surface area (Å²) in [6, 6.07) is 6.98. The average Bonchev–Trinajstić information content (AvgIpc) is 2.58. The van der Waals surface area contributed by atoms with E-state index in [0.717, 1.165) is 40.9 Å². The van der Waals surface area contributed by atoms with Gasteiger partial charge in [0.2, 0.25) is 0 Å². The van der Waals surface area contributed by atoms with E-state index in [1.165, 1.54) is 11.8 Å². The Labute approximate surface area is 147 Å². The highest BCUT2D eigenvalue weighted by Gasteiger charge is 2.13. The third-order valence-electron chi connectivity index (χ3n) is 3.95. The number of nitrogens with zero attached hydrogens (tertiary/aromatic N) is 3. The molecule has 1 aromatic heterocycles. The third-order valence-corrected chi connectivity index (χ3v) is 4.87. The second-order valence-electron chi connectivity index (χ2n) is 5.51. The minimum Gasteiger partial charge on any atom is -0.478 e. The van der Waals surface area contributed by atoms with Crippen LogP contribution >= 0.6 is 11.8 Å². The summed E-state index contributed by atoms with van der Waals surface area (Å²) in [5.74, 6) is 0.712. The van der Waals surface area contributed by atoms with Gasteiger partial charge in [0.25, 0.3) is 0 Å². The number of aromatic nitrogens is 2. The predicted molar refractivity (Wildman–Crippen MR) is 98.0 cm³/mol. The Bertz CT molecular complexity index is 730. The second-order valence-corrected chi connectivity index (χ2v) is 6.45. The van der Waals surface area contributed by atoms with E-state index in [0.29, 0.717) is 11.3 Å². The molecule has 0 radical (unpaired) electrons. The fraction of sp³-hybridized carbons (Fsp3) is 0.389. The summed E-state index contributed by atoms with van der Waals surface area (Å²) in [5.41, 5.74) is 3.34. The molecule has 2 rings (SSSR count). The van der Waals surface area contributed by atoms with Crippen molar-refractivity contribution in [3.63, 3.8) is 0 Å². The van der Waals surface area contributed by atoms with E-state index in [1.807, 2.05) is 19.9 Å². The molecule has 0 fully saturated rings. The monoisotopic (exact) mass is 345 g/mol. The number of thioether (sulfide) groups is 1. The smallest absolute Gasteiger partial charge is 0.335 e. The average molecular weight is 345 g/mol. The lowest BCUT2D eigenvalue weighted by Gasteiger charge is -2.23. The van der Waals surface area contributed by atoms with Gasteiger partial charge in [-0.3, -0.25) is 0 Å². The maximum atomic E-state index is 11.1. The summed E-state index contributed by atoms with van der Waals surface area (Å²) < 4.78 is 0. The first-order chi connectivity index (χ1) is 11.5. The van der Waals surface area contributed by atoms with Crippen molar-refractivity contribution in [2.45, 2.75) is 38.6 Å². The lowest BCUT2D eigenvalue weighted by Crippen LogP contribution is -2.24. The van der Waals surface area contributed by atoms with E-state index >= 15 is 0 Å². The van der Waals surface area contributed by atoms with E-state index in [2.05, 4.69) is 23.7 Å². The molecule has 128 valence electrons. The van der Waals surface area contributed by atoms with Gasteiger partial charge >= 0.3 is 5.97 Å². The Morgan fingerprint density at radius 1 is 1.21 bits per heavy atom. The Morgan fingerprint density at radius 3 is 2.54 bits per heavy atom. The van der Waals surface area contributed by atoms with E-state index < -0.39 is 5.97 Å². The first-order valence-corrected chi connectivity index (χ1v) is 9.00. The van der Waals surface area contributed by atoms with Crippen LogP contribution in [0.1, 0.15) is 41.0 Å². The number of anilines is 1. The van der Waals surface area contributed by atoms with Crippen LogP contribution in [-0.4, -0.2) is 34.1 Å². The number of rotatable bonds is 7. The normalized spacial score (nSPS) is 10.7. The fourth-order valence-corrected chi connectivity index (χ4v) is 3.25. The fourth-order valence-electron chi connectivity index (χ4n) is 2.43. The Morgan fingerprint density at radius 2 is 1.92 bits per heavy atom. The van der Waals surface area contributed by atoms with Gasteiger partial charge in [-0.2, -0.15) is 0 Å². The molecule has 6 heteroatoms. The molecule has 0 atom stereocenters. The van der Waals surface area contributed by atoms with Gasteiger partial charge in [-0.15, -0.1) is 0 Å². The Kier molecular flexibility index (Phi) is 6.20. The molecule has 1 heterocycles. The third kappa shape index (κ3) is 4.26. The largest absolute Gasteiger partial charge is 0.478 e. The van der Waals surface area contributed by atoms with Gasteiger partial charge in [-0.05, 0) is 45.4 Å². The van der Waals surface area contributed by atoms with Crippen molar-refractivity contribution in [1.82, 2.24) is 9.97 Å². The quantitative estimate of drug-likeness (QED) is 0.606. The number of aromatic carboxylic acids is 1. The molecular weight excluding hydrogens is 322 g/mol. The number of hydrogen-bond donors (Lipinski definition) is 1. The van der Waals surface area contributed by atoms with Crippen LogP contribution < -0.4 is 4.90 Å². The molecule has 0 saturated carbocycles. The van der Waals surface area contributed by atoms with Crippen LogP contribution in [0.2, 0.25) is 0 Å². The zero-order chi connectivity index (χ0) is 17.7. The molecule has 0 aliphatic rings. The van der Waals surface area contributed by atoms with Gasteiger partial charge in [0.15, 0.2) is 5.16 Å². The zero-order valence-corrected chi connectivity index (χ0v) is 15.4. The molecule has 0 aliphatic heterocycles. The highest BCUT2D eigenvalue weighted by Crippen LogP contribution is 2.26. The van der Waals surface area contributed by atoms with E-state index in [1.54, 1.807) is 18.2 Å². The molecule has 0 saturated heterocycles. The van der Waals surface area contributed by atoms with Crippen molar-refractivity contribution >= 4 is 23.5 Å².